The number of fused-ring (bicyclic) bond motifs is 1. The molecule has 0 aliphatic heterocycles. The van der Waals surface area contributed by atoms with E-state index in [9.17, 15) is 9.59 Å². The van der Waals surface area contributed by atoms with Gasteiger partial charge in [-0.2, -0.15) is 9.78 Å². The van der Waals surface area contributed by atoms with Crippen LogP contribution in [0.5, 0.6) is 0 Å². The molecular formula is C21H21N7O2. The van der Waals surface area contributed by atoms with Crippen LogP contribution in [0.3, 0.4) is 0 Å². The maximum Gasteiger partial charge on any atom is 0.269 e. The molecule has 9 nitrogen and oxygen atoms in total. The van der Waals surface area contributed by atoms with E-state index in [1.165, 1.54) is 15.4 Å². The number of benzene rings is 1. The highest BCUT2D eigenvalue weighted by atomic mass is 16.2. The van der Waals surface area contributed by atoms with Crippen molar-refractivity contribution >= 4 is 22.8 Å². The summed E-state index contributed by atoms with van der Waals surface area (Å²) in [6, 6.07) is 10.7. The lowest BCUT2D eigenvalue weighted by Crippen LogP contribution is -2.28. The van der Waals surface area contributed by atoms with Crippen LogP contribution in [0.25, 0.3) is 17.0 Å². The molecule has 30 heavy (non-hydrogen) atoms. The van der Waals surface area contributed by atoms with Crippen molar-refractivity contribution in [2.75, 3.05) is 5.32 Å². The van der Waals surface area contributed by atoms with E-state index in [2.05, 4.69) is 25.4 Å². The van der Waals surface area contributed by atoms with Gasteiger partial charge in [-0.1, -0.05) is 32.9 Å². The van der Waals surface area contributed by atoms with E-state index >= 15 is 0 Å². The third-order valence-electron chi connectivity index (χ3n) is 4.54. The number of carbonyl (C=O) groups is 1. The molecule has 0 saturated heterocycles. The Kier molecular flexibility index (Phi) is 4.86. The Morgan fingerprint density at radius 3 is 2.53 bits per heavy atom. The maximum atomic E-state index is 12.8. The van der Waals surface area contributed by atoms with Crippen LogP contribution in [0.1, 0.15) is 26.5 Å². The van der Waals surface area contributed by atoms with Crippen molar-refractivity contribution in [1.82, 2.24) is 29.3 Å². The molecule has 152 valence electrons. The Morgan fingerprint density at radius 2 is 1.80 bits per heavy atom. The first kappa shape index (κ1) is 19.4. The normalized spacial score (nSPS) is 11.6. The first-order chi connectivity index (χ1) is 14.3. The molecule has 0 aliphatic rings. The van der Waals surface area contributed by atoms with Crippen molar-refractivity contribution in [1.29, 1.82) is 0 Å². The molecule has 1 N–H and O–H groups in total. The summed E-state index contributed by atoms with van der Waals surface area (Å²) in [6.07, 6.45) is 4.43. The number of nitrogens with zero attached hydrogens (tertiary/aromatic N) is 6. The van der Waals surface area contributed by atoms with Crippen LogP contribution in [0.15, 0.2) is 59.8 Å². The Morgan fingerprint density at radius 1 is 1.07 bits per heavy atom. The van der Waals surface area contributed by atoms with Crippen LogP contribution in [-0.4, -0.2) is 35.2 Å². The predicted molar refractivity (Wildman–Crippen MR) is 112 cm³/mol. The van der Waals surface area contributed by atoms with E-state index in [4.69, 9.17) is 0 Å². The monoisotopic (exact) mass is 403 g/mol. The summed E-state index contributed by atoms with van der Waals surface area (Å²) >= 11 is 0. The van der Waals surface area contributed by atoms with Crippen LogP contribution in [0.2, 0.25) is 0 Å². The Hall–Kier alpha value is -3.88. The summed E-state index contributed by atoms with van der Waals surface area (Å²) in [6.45, 7) is 5.92. The van der Waals surface area contributed by atoms with E-state index in [1.807, 2.05) is 26.8 Å². The van der Waals surface area contributed by atoms with E-state index in [-0.39, 0.29) is 23.4 Å². The SMILES string of the molecule is CC(C)(C)c1cc(NC(=O)Cn2c(=O)cnc3ccccc32)n(-c2ncccn2)n1. The largest absolute Gasteiger partial charge is 0.309 e. The van der Waals surface area contributed by atoms with E-state index in [0.717, 1.165) is 5.69 Å². The first-order valence-electron chi connectivity index (χ1n) is 9.45. The highest BCUT2D eigenvalue weighted by Crippen LogP contribution is 2.25. The minimum Gasteiger partial charge on any atom is -0.309 e. The summed E-state index contributed by atoms with van der Waals surface area (Å²) in [5.41, 5.74) is 1.42. The zero-order chi connectivity index (χ0) is 21.3. The molecular weight excluding hydrogens is 382 g/mol. The molecule has 3 aromatic heterocycles. The number of aromatic nitrogens is 6. The van der Waals surface area contributed by atoms with Crippen molar-refractivity contribution in [2.24, 2.45) is 0 Å². The van der Waals surface area contributed by atoms with Gasteiger partial charge in [-0.25, -0.2) is 15.0 Å². The summed E-state index contributed by atoms with van der Waals surface area (Å²) in [4.78, 5) is 37.7. The highest BCUT2D eigenvalue weighted by Gasteiger charge is 2.22. The molecule has 1 amide bonds. The van der Waals surface area contributed by atoms with Gasteiger partial charge in [-0.15, -0.1) is 0 Å². The van der Waals surface area contributed by atoms with Crippen molar-refractivity contribution in [3.8, 4) is 5.95 Å². The average molecular weight is 403 g/mol. The number of carbonyl (C=O) groups excluding carboxylic acids is 1. The lowest BCUT2D eigenvalue weighted by molar-refractivity contribution is -0.116. The van der Waals surface area contributed by atoms with Crippen LogP contribution >= 0.6 is 0 Å². The van der Waals surface area contributed by atoms with Crippen molar-refractivity contribution < 1.29 is 4.79 Å². The van der Waals surface area contributed by atoms with Crippen molar-refractivity contribution in [3.63, 3.8) is 0 Å². The number of para-hydroxylation sites is 2. The summed E-state index contributed by atoms with van der Waals surface area (Å²) < 4.78 is 2.88. The van der Waals surface area contributed by atoms with Gasteiger partial charge in [0.1, 0.15) is 12.4 Å². The fourth-order valence-corrected chi connectivity index (χ4v) is 2.99. The molecule has 4 rings (SSSR count). The van der Waals surface area contributed by atoms with Crippen LogP contribution in [0.4, 0.5) is 5.82 Å². The summed E-state index contributed by atoms with van der Waals surface area (Å²) in [7, 11) is 0. The van der Waals surface area contributed by atoms with Gasteiger partial charge >= 0.3 is 0 Å². The quantitative estimate of drug-likeness (QED) is 0.560. The Balaban J connectivity index is 1.68. The zero-order valence-corrected chi connectivity index (χ0v) is 16.9. The van der Waals surface area contributed by atoms with E-state index < -0.39 is 0 Å². The van der Waals surface area contributed by atoms with E-state index in [0.29, 0.717) is 22.8 Å². The number of hydrogen-bond acceptors (Lipinski definition) is 6. The second-order valence-electron chi connectivity index (χ2n) is 7.84. The molecule has 4 aromatic rings. The smallest absolute Gasteiger partial charge is 0.269 e. The second kappa shape index (κ2) is 7.51. The van der Waals surface area contributed by atoms with E-state index in [1.54, 1.807) is 42.7 Å². The van der Waals surface area contributed by atoms with Crippen molar-refractivity contribution in [2.45, 2.75) is 32.7 Å². The second-order valence-corrected chi connectivity index (χ2v) is 7.84. The lowest BCUT2D eigenvalue weighted by Gasteiger charge is -2.13. The van der Waals surface area contributed by atoms with Gasteiger partial charge in [-0.05, 0) is 18.2 Å². The third kappa shape index (κ3) is 3.82. The van der Waals surface area contributed by atoms with Gasteiger partial charge in [0.25, 0.3) is 11.5 Å². The Labute approximate surface area is 172 Å². The van der Waals surface area contributed by atoms with Crippen molar-refractivity contribution in [3.05, 3.63) is 71.0 Å². The molecule has 0 bridgehead atoms. The molecule has 0 atom stereocenters. The van der Waals surface area contributed by atoms with Gasteiger partial charge in [-0.3, -0.25) is 14.2 Å². The number of nitrogens with one attached hydrogen (secondary N) is 1. The fourth-order valence-electron chi connectivity index (χ4n) is 2.99. The molecule has 0 radical (unpaired) electrons. The van der Waals surface area contributed by atoms with Gasteiger partial charge in [0.05, 0.1) is 22.9 Å². The molecule has 9 heteroatoms. The molecule has 0 fully saturated rings. The molecule has 1 aromatic carbocycles. The highest BCUT2D eigenvalue weighted by molar-refractivity contribution is 5.91. The van der Waals surface area contributed by atoms with Gasteiger partial charge in [0.2, 0.25) is 5.91 Å². The number of rotatable bonds is 4. The number of amides is 1. The predicted octanol–water partition coefficient (Wildman–Crippen LogP) is 2.31. The van der Waals surface area contributed by atoms with Crippen LogP contribution in [0, 0.1) is 0 Å². The fraction of sp³-hybridized carbons (Fsp3) is 0.238. The molecule has 0 spiro atoms. The summed E-state index contributed by atoms with van der Waals surface area (Å²) in [5.74, 6) is 0.406. The Bertz CT molecular complexity index is 1270. The third-order valence-corrected chi connectivity index (χ3v) is 4.54. The average Bonchev–Trinajstić information content (AvgIpc) is 3.15. The number of anilines is 1. The van der Waals surface area contributed by atoms with Gasteiger partial charge < -0.3 is 5.32 Å². The minimum absolute atomic E-state index is 0.159. The maximum absolute atomic E-state index is 12.8. The zero-order valence-electron chi connectivity index (χ0n) is 16.9. The molecule has 0 unspecified atom stereocenters. The standard InChI is InChI=1S/C21H21N7O2/c1-21(2,3)16-11-17(28(26-16)20-22-9-6-10-23-20)25-18(29)13-27-15-8-5-4-7-14(15)24-12-19(27)30/h4-12H,13H2,1-3H3,(H,25,29). The van der Waals surface area contributed by atoms with Crippen LogP contribution in [-0.2, 0) is 16.8 Å². The van der Waals surface area contributed by atoms with Gasteiger partial charge in [0, 0.05) is 23.9 Å². The van der Waals surface area contributed by atoms with Gasteiger partial charge in [0.15, 0.2) is 0 Å². The molecule has 0 saturated carbocycles. The van der Waals surface area contributed by atoms with Crippen LogP contribution < -0.4 is 10.9 Å². The summed E-state index contributed by atoms with van der Waals surface area (Å²) in [5, 5.41) is 7.42. The number of hydrogen-bond donors (Lipinski definition) is 1. The lowest BCUT2D eigenvalue weighted by atomic mass is 9.92. The topological polar surface area (TPSA) is 108 Å². The molecule has 0 aliphatic carbocycles. The molecule has 3 heterocycles. The first-order valence-corrected chi connectivity index (χ1v) is 9.45. The minimum atomic E-state index is -0.369.